The van der Waals surface area contributed by atoms with E-state index in [1.54, 1.807) is 0 Å². The van der Waals surface area contributed by atoms with Crippen molar-refractivity contribution >= 4 is 5.97 Å². The first kappa shape index (κ1) is 19.9. The zero-order chi connectivity index (χ0) is 18.3. The predicted octanol–water partition coefficient (Wildman–Crippen LogP) is 3.83. The molecule has 1 aliphatic rings. The molecule has 25 heavy (non-hydrogen) atoms. The number of benzene rings is 1. The minimum absolute atomic E-state index is 0.435. The van der Waals surface area contributed by atoms with E-state index in [0.717, 1.165) is 44.3 Å². The largest absolute Gasteiger partial charge is 0.480 e. The highest BCUT2D eigenvalue weighted by Gasteiger charge is 2.56. The molecule has 0 saturated heterocycles. The van der Waals surface area contributed by atoms with Gasteiger partial charge in [-0.1, -0.05) is 69.9 Å². The van der Waals surface area contributed by atoms with E-state index >= 15 is 0 Å². The van der Waals surface area contributed by atoms with Crippen molar-refractivity contribution in [3.63, 3.8) is 0 Å². The molecule has 1 aromatic rings. The zero-order valence-corrected chi connectivity index (χ0v) is 15.7. The first-order valence-corrected chi connectivity index (χ1v) is 9.74. The fraction of sp³-hybridized carbons (Fsp3) is 0.667. The molecule has 4 heteroatoms. The van der Waals surface area contributed by atoms with E-state index in [0.29, 0.717) is 25.8 Å². The van der Waals surface area contributed by atoms with Crippen LogP contribution in [-0.4, -0.2) is 46.3 Å². The normalized spacial score (nSPS) is 20.0. The fourth-order valence-electron chi connectivity index (χ4n) is 4.40. The molecule has 1 aliphatic carbocycles. The van der Waals surface area contributed by atoms with Gasteiger partial charge in [0.25, 0.3) is 0 Å². The second-order valence-electron chi connectivity index (χ2n) is 7.30. The molecule has 0 radical (unpaired) electrons. The van der Waals surface area contributed by atoms with E-state index in [1.807, 2.05) is 30.3 Å². The summed E-state index contributed by atoms with van der Waals surface area (Å²) in [6.07, 6.45) is 5.49. The van der Waals surface area contributed by atoms with E-state index in [1.165, 1.54) is 0 Å². The second kappa shape index (κ2) is 8.81. The molecule has 1 aromatic carbocycles. The van der Waals surface area contributed by atoms with Crippen molar-refractivity contribution < 1.29 is 15.0 Å². The number of nitrogens with zero attached hydrogens (tertiary/aromatic N) is 1. The van der Waals surface area contributed by atoms with Crippen LogP contribution in [0.1, 0.15) is 64.4 Å². The topological polar surface area (TPSA) is 60.8 Å². The number of hydrogen-bond donors (Lipinski definition) is 2. The molecule has 140 valence electrons. The van der Waals surface area contributed by atoms with Gasteiger partial charge in [0, 0.05) is 0 Å². The Morgan fingerprint density at radius 3 is 2.12 bits per heavy atom. The lowest BCUT2D eigenvalue weighted by Crippen LogP contribution is -2.58. The Kier molecular flexibility index (Phi) is 7.03. The van der Waals surface area contributed by atoms with E-state index in [9.17, 15) is 15.0 Å². The standard InChI is InChI=1S/C21H33NO3/c1-3-22(4-2)17-16-21(19(23)24,18-12-8-7-9-13-18)20(25)14-10-5-6-11-15-20/h7-9,12-13,25H,3-6,10-11,14-17H2,1-2H3,(H,23,24). The van der Waals surface area contributed by atoms with Crippen LogP contribution < -0.4 is 0 Å². The number of aliphatic carboxylic acids is 1. The summed E-state index contributed by atoms with van der Waals surface area (Å²) in [6, 6.07) is 9.41. The van der Waals surface area contributed by atoms with Gasteiger partial charge in [0.15, 0.2) is 0 Å². The first-order valence-electron chi connectivity index (χ1n) is 9.74. The Balaban J connectivity index is 2.49. The van der Waals surface area contributed by atoms with Crippen molar-refractivity contribution in [2.24, 2.45) is 0 Å². The van der Waals surface area contributed by atoms with Crippen LogP contribution in [0.4, 0.5) is 0 Å². The highest BCUT2D eigenvalue weighted by molar-refractivity contribution is 5.83. The summed E-state index contributed by atoms with van der Waals surface area (Å²) in [7, 11) is 0. The molecule has 1 fully saturated rings. The molecule has 0 spiro atoms. The molecule has 2 N–H and O–H groups in total. The molecule has 4 nitrogen and oxygen atoms in total. The van der Waals surface area contributed by atoms with Crippen LogP contribution in [0.5, 0.6) is 0 Å². The minimum Gasteiger partial charge on any atom is -0.480 e. The average Bonchev–Trinajstić information content (AvgIpc) is 2.85. The lowest BCUT2D eigenvalue weighted by atomic mass is 9.62. The van der Waals surface area contributed by atoms with Gasteiger partial charge in [-0.2, -0.15) is 0 Å². The lowest BCUT2D eigenvalue weighted by Gasteiger charge is -2.45. The van der Waals surface area contributed by atoms with Gasteiger partial charge in [-0.3, -0.25) is 4.79 Å². The Bertz CT molecular complexity index is 533. The van der Waals surface area contributed by atoms with E-state index in [4.69, 9.17) is 0 Å². The molecule has 0 aromatic heterocycles. The summed E-state index contributed by atoms with van der Waals surface area (Å²) in [6.45, 7) is 6.64. The molecule has 0 bridgehead atoms. The third kappa shape index (κ3) is 4.06. The molecule has 0 amide bonds. The summed E-state index contributed by atoms with van der Waals surface area (Å²) >= 11 is 0. The predicted molar refractivity (Wildman–Crippen MR) is 101 cm³/mol. The molecule has 1 saturated carbocycles. The molecule has 1 unspecified atom stereocenters. The van der Waals surface area contributed by atoms with Gasteiger partial charge in [0.05, 0.1) is 5.60 Å². The third-order valence-electron chi connectivity index (χ3n) is 6.05. The number of rotatable bonds is 8. The van der Waals surface area contributed by atoms with Crippen LogP contribution in [0, 0.1) is 0 Å². The summed E-state index contributed by atoms with van der Waals surface area (Å²) in [4.78, 5) is 14.9. The van der Waals surface area contributed by atoms with Crippen LogP contribution in [-0.2, 0) is 10.2 Å². The number of hydrogen-bond acceptors (Lipinski definition) is 3. The summed E-state index contributed by atoms with van der Waals surface area (Å²) < 4.78 is 0. The Labute approximate surface area is 151 Å². The SMILES string of the molecule is CCN(CC)CCC(C(=O)O)(c1ccccc1)C1(O)CCCCCC1. The zero-order valence-electron chi connectivity index (χ0n) is 15.7. The first-order chi connectivity index (χ1) is 12.0. The smallest absolute Gasteiger partial charge is 0.317 e. The molecule has 1 atom stereocenters. The summed E-state index contributed by atoms with van der Waals surface area (Å²) in [5, 5.41) is 22.0. The van der Waals surface area contributed by atoms with Crippen molar-refractivity contribution in [2.75, 3.05) is 19.6 Å². The third-order valence-corrected chi connectivity index (χ3v) is 6.05. The minimum atomic E-state index is -1.25. The van der Waals surface area contributed by atoms with Gasteiger partial charge in [-0.15, -0.1) is 0 Å². The van der Waals surface area contributed by atoms with Crippen LogP contribution in [0.25, 0.3) is 0 Å². The van der Waals surface area contributed by atoms with Gasteiger partial charge in [-0.05, 0) is 44.5 Å². The van der Waals surface area contributed by atoms with E-state index < -0.39 is 17.0 Å². The van der Waals surface area contributed by atoms with Crippen LogP contribution >= 0.6 is 0 Å². The van der Waals surface area contributed by atoms with Gasteiger partial charge < -0.3 is 15.1 Å². The second-order valence-corrected chi connectivity index (χ2v) is 7.30. The van der Waals surface area contributed by atoms with Crippen molar-refractivity contribution in [3.05, 3.63) is 35.9 Å². The van der Waals surface area contributed by atoms with Crippen LogP contribution in [0.3, 0.4) is 0 Å². The van der Waals surface area contributed by atoms with Crippen LogP contribution in [0.2, 0.25) is 0 Å². The molecule has 2 rings (SSSR count). The van der Waals surface area contributed by atoms with Crippen molar-refractivity contribution in [1.82, 2.24) is 4.90 Å². The highest BCUT2D eigenvalue weighted by Crippen LogP contribution is 2.46. The van der Waals surface area contributed by atoms with E-state index in [-0.39, 0.29) is 0 Å². The van der Waals surface area contributed by atoms with Crippen molar-refractivity contribution in [2.45, 2.75) is 69.8 Å². The monoisotopic (exact) mass is 347 g/mol. The van der Waals surface area contributed by atoms with Gasteiger partial charge >= 0.3 is 5.97 Å². The maximum Gasteiger partial charge on any atom is 0.317 e. The maximum atomic E-state index is 12.6. The Morgan fingerprint density at radius 1 is 1.08 bits per heavy atom. The Morgan fingerprint density at radius 2 is 1.64 bits per heavy atom. The molecular weight excluding hydrogens is 314 g/mol. The van der Waals surface area contributed by atoms with Crippen molar-refractivity contribution in [3.8, 4) is 0 Å². The molecular formula is C21H33NO3. The molecule has 0 aliphatic heterocycles. The maximum absolute atomic E-state index is 12.6. The van der Waals surface area contributed by atoms with Gasteiger partial charge in [0.1, 0.15) is 5.41 Å². The lowest BCUT2D eigenvalue weighted by molar-refractivity contribution is -0.160. The number of aliphatic hydroxyl groups is 1. The molecule has 0 heterocycles. The number of carbonyl (C=O) groups is 1. The van der Waals surface area contributed by atoms with Crippen molar-refractivity contribution in [1.29, 1.82) is 0 Å². The summed E-state index contributed by atoms with van der Waals surface area (Å²) in [5.41, 5.74) is -1.70. The highest BCUT2D eigenvalue weighted by atomic mass is 16.4. The Hall–Kier alpha value is -1.39. The summed E-state index contributed by atoms with van der Waals surface area (Å²) in [5.74, 6) is -0.893. The fourth-order valence-corrected chi connectivity index (χ4v) is 4.40. The number of carboxylic acid groups (broad SMARTS) is 1. The van der Waals surface area contributed by atoms with Gasteiger partial charge in [-0.25, -0.2) is 0 Å². The van der Waals surface area contributed by atoms with E-state index in [2.05, 4.69) is 18.7 Å². The average molecular weight is 347 g/mol. The number of carboxylic acids is 1. The van der Waals surface area contributed by atoms with Gasteiger partial charge in [0.2, 0.25) is 0 Å². The quantitative estimate of drug-likeness (QED) is 0.702. The van der Waals surface area contributed by atoms with Crippen LogP contribution in [0.15, 0.2) is 30.3 Å².